The van der Waals surface area contributed by atoms with Gasteiger partial charge in [0.05, 0.1) is 17.6 Å². The fourth-order valence-corrected chi connectivity index (χ4v) is 2.73. The number of non-ortho nitro benzene ring substituents is 1. The van der Waals surface area contributed by atoms with Crippen LogP contribution in [0.3, 0.4) is 0 Å². The predicted molar refractivity (Wildman–Crippen MR) is 81.4 cm³/mol. The minimum absolute atomic E-state index is 0.0785. The number of ether oxygens (including phenoxy) is 1. The number of primary amides is 1. The molecule has 1 aromatic carbocycles. The van der Waals surface area contributed by atoms with E-state index in [4.69, 9.17) is 10.5 Å². The zero-order valence-electron chi connectivity index (χ0n) is 12.9. The van der Waals surface area contributed by atoms with E-state index >= 15 is 0 Å². The van der Waals surface area contributed by atoms with Gasteiger partial charge in [-0.05, 0) is 12.5 Å². The number of nitrogens with zero attached hydrogens (tertiary/aromatic N) is 1. The lowest BCUT2D eigenvalue weighted by molar-refractivity contribution is -0.384. The number of nitro groups is 1. The van der Waals surface area contributed by atoms with Gasteiger partial charge in [0.2, 0.25) is 11.8 Å². The quantitative estimate of drug-likeness (QED) is 0.352. The lowest BCUT2D eigenvalue weighted by Crippen LogP contribution is -2.47. The molecule has 0 aromatic heterocycles. The summed E-state index contributed by atoms with van der Waals surface area (Å²) in [5.74, 6) is -4.59. The Bertz CT molecular complexity index is 753. The van der Waals surface area contributed by atoms with Gasteiger partial charge in [0.1, 0.15) is 5.92 Å². The molecule has 0 spiro atoms. The first-order chi connectivity index (χ1) is 11.3. The second-order valence-electron chi connectivity index (χ2n) is 5.23. The highest BCUT2D eigenvalue weighted by Gasteiger charge is 2.44. The maximum atomic E-state index is 12.2. The normalized spacial score (nSPS) is 20.3. The number of nitrogens with one attached hydrogen (secondary N) is 1. The number of nitrogens with two attached hydrogens (primary N) is 1. The van der Waals surface area contributed by atoms with Crippen LogP contribution < -0.4 is 11.1 Å². The molecule has 0 aliphatic carbocycles. The van der Waals surface area contributed by atoms with Crippen molar-refractivity contribution in [2.45, 2.75) is 12.8 Å². The predicted octanol–water partition coefficient (Wildman–Crippen LogP) is 0.357. The van der Waals surface area contributed by atoms with Crippen molar-refractivity contribution < 1.29 is 24.0 Å². The van der Waals surface area contributed by atoms with Crippen LogP contribution in [0, 0.1) is 16.0 Å². The molecule has 126 valence electrons. The Hall–Kier alpha value is -3.23. The average molecular weight is 333 g/mol. The van der Waals surface area contributed by atoms with Crippen LogP contribution in [0.5, 0.6) is 0 Å². The van der Waals surface area contributed by atoms with Crippen LogP contribution in [0.4, 0.5) is 5.69 Å². The summed E-state index contributed by atoms with van der Waals surface area (Å²) in [6, 6.07) is 5.22. The Morgan fingerprint density at radius 2 is 1.88 bits per heavy atom. The van der Waals surface area contributed by atoms with E-state index in [2.05, 4.69) is 5.32 Å². The summed E-state index contributed by atoms with van der Waals surface area (Å²) in [7, 11) is 1.17. The molecule has 1 aliphatic heterocycles. The number of esters is 1. The van der Waals surface area contributed by atoms with Crippen molar-refractivity contribution in [1.29, 1.82) is 0 Å². The van der Waals surface area contributed by atoms with Crippen molar-refractivity contribution in [3.05, 3.63) is 51.2 Å². The molecule has 24 heavy (non-hydrogen) atoms. The standard InChI is InChI=1S/C15H15N3O6/c1-7-10(15(21)24-2)11(12(13(16)19)14(20)17-7)8-3-5-9(6-4-8)18(22)23/h3-6,11-12H,1-2H3,(H2,16,19)(H,17,20). The molecule has 1 aliphatic rings. The van der Waals surface area contributed by atoms with Gasteiger partial charge in [-0.15, -0.1) is 0 Å². The third-order valence-corrected chi connectivity index (χ3v) is 3.82. The minimum atomic E-state index is -1.33. The number of benzene rings is 1. The van der Waals surface area contributed by atoms with E-state index in [1.54, 1.807) is 0 Å². The maximum absolute atomic E-state index is 12.2. The highest BCUT2D eigenvalue weighted by Crippen LogP contribution is 2.38. The summed E-state index contributed by atoms with van der Waals surface area (Å²) >= 11 is 0. The number of rotatable bonds is 4. The second-order valence-corrected chi connectivity index (χ2v) is 5.23. The number of hydrogen-bond acceptors (Lipinski definition) is 6. The number of hydrogen-bond donors (Lipinski definition) is 2. The van der Waals surface area contributed by atoms with Crippen LogP contribution in [0.2, 0.25) is 0 Å². The molecule has 0 saturated carbocycles. The first-order valence-corrected chi connectivity index (χ1v) is 6.91. The van der Waals surface area contributed by atoms with Gasteiger partial charge >= 0.3 is 5.97 Å². The Morgan fingerprint density at radius 1 is 1.29 bits per heavy atom. The van der Waals surface area contributed by atoms with E-state index < -0.39 is 34.5 Å². The van der Waals surface area contributed by atoms with E-state index in [9.17, 15) is 24.5 Å². The van der Waals surface area contributed by atoms with Crippen LogP contribution >= 0.6 is 0 Å². The molecule has 1 aromatic rings. The maximum Gasteiger partial charge on any atom is 0.336 e. The molecule has 9 heteroatoms. The summed E-state index contributed by atoms with van der Waals surface area (Å²) in [6.07, 6.45) is 0. The van der Waals surface area contributed by atoms with Gasteiger partial charge in [-0.1, -0.05) is 12.1 Å². The highest BCUT2D eigenvalue weighted by molar-refractivity contribution is 6.06. The van der Waals surface area contributed by atoms with Gasteiger partial charge in [-0.25, -0.2) is 4.79 Å². The largest absolute Gasteiger partial charge is 0.466 e. The molecule has 2 rings (SSSR count). The fourth-order valence-electron chi connectivity index (χ4n) is 2.73. The summed E-state index contributed by atoms with van der Waals surface area (Å²) in [5, 5.41) is 13.2. The number of nitro benzene ring substituents is 1. The molecule has 2 unspecified atom stereocenters. The lowest BCUT2D eigenvalue weighted by atomic mass is 9.76. The second kappa shape index (κ2) is 6.49. The molecule has 2 amide bonds. The molecule has 9 nitrogen and oxygen atoms in total. The minimum Gasteiger partial charge on any atom is -0.466 e. The Balaban J connectivity index is 2.62. The SMILES string of the molecule is COC(=O)C1=C(C)NC(=O)C(C(N)=O)C1c1ccc([N+](=O)[O-])cc1. The molecule has 3 N–H and O–H groups in total. The van der Waals surface area contributed by atoms with Crippen LogP contribution in [0.15, 0.2) is 35.5 Å². The highest BCUT2D eigenvalue weighted by atomic mass is 16.6. The molecular weight excluding hydrogens is 318 g/mol. The van der Waals surface area contributed by atoms with Gasteiger partial charge in [0.25, 0.3) is 5.69 Å². The number of carbonyl (C=O) groups is 3. The lowest BCUT2D eigenvalue weighted by Gasteiger charge is -2.31. The monoisotopic (exact) mass is 333 g/mol. The number of carbonyl (C=O) groups excluding carboxylic acids is 3. The summed E-state index contributed by atoms with van der Waals surface area (Å²) in [6.45, 7) is 1.50. The van der Waals surface area contributed by atoms with Crippen LogP contribution in [-0.4, -0.2) is 29.8 Å². The van der Waals surface area contributed by atoms with Crippen molar-refractivity contribution in [3.8, 4) is 0 Å². The van der Waals surface area contributed by atoms with Crippen molar-refractivity contribution in [3.63, 3.8) is 0 Å². The van der Waals surface area contributed by atoms with E-state index in [0.29, 0.717) is 5.56 Å². The van der Waals surface area contributed by atoms with Crippen molar-refractivity contribution in [1.82, 2.24) is 5.32 Å². The van der Waals surface area contributed by atoms with Crippen LogP contribution in [0.25, 0.3) is 0 Å². The van der Waals surface area contributed by atoms with Crippen molar-refractivity contribution >= 4 is 23.5 Å². The van der Waals surface area contributed by atoms with Crippen LogP contribution in [0.1, 0.15) is 18.4 Å². The number of amides is 2. The Morgan fingerprint density at radius 3 is 2.33 bits per heavy atom. The Labute approximate surface area is 136 Å². The van der Waals surface area contributed by atoms with E-state index in [-0.39, 0.29) is 17.0 Å². The van der Waals surface area contributed by atoms with E-state index in [0.717, 1.165) is 0 Å². The molecule has 0 fully saturated rings. The topological polar surface area (TPSA) is 142 Å². The first-order valence-electron chi connectivity index (χ1n) is 6.91. The van der Waals surface area contributed by atoms with Gasteiger partial charge in [0, 0.05) is 23.7 Å². The fraction of sp³-hybridized carbons (Fsp3) is 0.267. The smallest absolute Gasteiger partial charge is 0.336 e. The molecule has 0 radical (unpaired) electrons. The van der Waals surface area contributed by atoms with Gasteiger partial charge < -0.3 is 15.8 Å². The molecule has 1 heterocycles. The third kappa shape index (κ3) is 2.96. The van der Waals surface area contributed by atoms with Crippen LogP contribution in [-0.2, 0) is 19.1 Å². The third-order valence-electron chi connectivity index (χ3n) is 3.82. The Kier molecular flexibility index (Phi) is 4.63. The number of allylic oxidation sites excluding steroid dienone is 1. The zero-order chi connectivity index (χ0) is 18.0. The van der Waals surface area contributed by atoms with E-state index in [1.165, 1.54) is 38.3 Å². The molecule has 2 atom stereocenters. The van der Waals surface area contributed by atoms with Gasteiger partial charge in [-0.2, -0.15) is 0 Å². The average Bonchev–Trinajstić information content (AvgIpc) is 2.53. The molecule has 0 bridgehead atoms. The summed E-state index contributed by atoms with van der Waals surface area (Å²) in [5.41, 5.74) is 5.87. The van der Waals surface area contributed by atoms with E-state index in [1.807, 2.05) is 0 Å². The van der Waals surface area contributed by atoms with Gasteiger partial charge in [0.15, 0.2) is 0 Å². The first kappa shape index (κ1) is 17.1. The molecule has 0 saturated heterocycles. The van der Waals surface area contributed by atoms with Gasteiger partial charge in [-0.3, -0.25) is 19.7 Å². The molecular formula is C15H15N3O6. The summed E-state index contributed by atoms with van der Waals surface area (Å²) in [4.78, 5) is 46.2. The summed E-state index contributed by atoms with van der Waals surface area (Å²) < 4.78 is 4.73. The zero-order valence-corrected chi connectivity index (χ0v) is 12.9. The number of methoxy groups -OCH3 is 1. The van der Waals surface area contributed by atoms with Crippen molar-refractivity contribution in [2.75, 3.05) is 7.11 Å². The van der Waals surface area contributed by atoms with Crippen molar-refractivity contribution in [2.24, 2.45) is 11.7 Å².